The second kappa shape index (κ2) is 7.93. The molecule has 21 heavy (non-hydrogen) atoms. The molecule has 4 nitrogen and oxygen atoms in total. The molecule has 1 fully saturated rings. The number of carbonyl (C=O) groups excluding carboxylic acids is 1. The van der Waals surface area contributed by atoms with Crippen LogP contribution in [0.3, 0.4) is 0 Å². The first kappa shape index (κ1) is 17.4. The van der Waals surface area contributed by atoms with Crippen LogP contribution < -0.4 is 10.2 Å². The molecule has 0 aliphatic carbocycles. The van der Waals surface area contributed by atoms with Crippen molar-refractivity contribution < 1.29 is 4.79 Å². The number of carbonyl (C=O) groups is 1. The molecule has 2 rings (SSSR count). The smallest absolute Gasteiger partial charge is 0.321 e. The van der Waals surface area contributed by atoms with E-state index in [9.17, 15) is 4.79 Å². The van der Waals surface area contributed by atoms with Crippen LogP contribution in [0, 0.1) is 13.8 Å². The van der Waals surface area contributed by atoms with E-state index in [0.29, 0.717) is 0 Å². The largest absolute Gasteiger partial charge is 0.368 e. The Hall–Kier alpha value is -1.68. The molecular weight excluding hydrogens is 286 g/mol. The van der Waals surface area contributed by atoms with E-state index in [1.165, 1.54) is 16.8 Å². The quantitative estimate of drug-likeness (QED) is 0.911. The maximum Gasteiger partial charge on any atom is 0.321 e. The minimum absolute atomic E-state index is 0. The van der Waals surface area contributed by atoms with Gasteiger partial charge in [0.1, 0.15) is 0 Å². The second-order valence-corrected chi connectivity index (χ2v) is 5.14. The van der Waals surface area contributed by atoms with Crippen LogP contribution in [0.2, 0.25) is 0 Å². The minimum Gasteiger partial charge on any atom is -0.368 e. The van der Waals surface area contributed by atoms with Crippen LogP contribution in [-0.2, 0) is 0 Å². The molecule has 0 unspecified atom stereocenters. The second-order valence-electron chi connectivity index (χ2n) is 5.14. The van der Waals surface area contributed by atoms with E-state index in [1.54, 1.807) is 6.20 Å². The van der Waals surface area contributed by atoms with Crippen LogP contribution in [0.5, 0.6) is 0 Å². The van der Waals surface area contributed by atoms with Crippen molar-refractivity contribution in [3.05, 3.63) is 41.6 Å². The third-order valence-electron chi connectivity index (χ3n) is 3.86. The zero-order valence-electron chi connectivity index (χ0n) is 12.9. The number of allylic oxidation sites excluding steroid dienone is 1. The summed E-state index contributed by atoms with van der Waals surface area (Å²) in [4.78, 5) is 16.1. The van der Waals surface area contributed by atoms with Crippen LogP contribution in [0.15, 0.2) is 30.5 Å². The molecular formula is C16H24ClN3O. The van der Waals surface area contributed by atoms with E-state index in [1.807, 2.05) is 17.9 Å². The molecule has 0 aromatic heterocycles. The molecule has 0 atom stereocenters. The highest BCUT2D eigenvalue weighted by Gasteiger charge is 2.21. The van der Waals surface area contributed by atoms with Gasteiger partial charge in [-0.05, 0) is 38.0 Å². The Bertz CT molecular complexity index is 508. The number of amides is 2. The third kappa shape index (κ3) is 4.14. The first-order valence-electron chi connectivity index (χ1n) is 7.11. The van der Waals surface area contributed by atoms with Crippen molar-refractivity contribution in [2.75, 3.05) is 31.1 Å². The molecule has 2 amide bonds. The fourth-order valence-corrected chi connectivity index (χ4v) is 2.47. The number of hydrogen-bond donors (Lipinski definition) is 1. The highest BCUT2D eigenvalue weighted by Crippen LogP contribution is 2.23. The number of urea groups is 1. The highest BCUT2D eigenvalue weighted by atomic mass is 35.5. The molecule has 1 N–H and O–H groups in total. The van der Waals surface area contributed by atoms with Gasteiger partial charge in [-0.25, -0.2) is 4.79 Å². The Morgan fingerprint density at radius 3 is 2.48 bits per heavy atom. The number of nitrogens with one attached hydrogen (secondary N) is 1. The average Bonchev–Trinajstić information content (AvgIpc) is 2.48. The van der Waals surface area contributed by atoms with E-state index in [-0.39, 0.29) is 18.4 Å². The molecule has 1 aliphatic heterocycles. The molecule has 1 saturated heterocycles. The van der Waals surface area contributed by atoms with Gasteiger partial charge < -0.3 is 15.1 Å². The van der Waals surface area contributed by atoms with Crippen molar-refractivity contribution in [2.45, 2.75) is 20.8 Å². The summed E-state index contributed by atoms with van der Waals surface area (Å²) in [5.41, 5.74) is 3.94. The van der Waals surface area contributed by atoms with Gasteiger partial charge in [-0.1, -0.05) is 18.2 Å². The van der Waals surface area contributed by atoms with Gasteiger partial charge in [0.2, 0.25) is 0 Å². The van der Waals surface area contributed by atoms with Gasteiger partial charge in [-0.15, -0.1) is 12.4 Å². The third-order valence-corrected chi connectivity index (χ3v) is 3.86. The molecule has 1 aromatic rings. The molecule has 1 aliphatic rings. The molecule has 5 heteroatoms. The Morgan fingerprint density at radius 1 is 1.19 bits per heavy atom. The zero-order chi connectivity index (χ0) is 14.5. The number of benzene rings is 1. The van der Waals surface area contributed by atoms with E-state index in [4.69, 9.17) is 0 Å². The number of hydrogen-bond acceptors (Lipinski definition) is 2. The Balaban J connectivity index is 0.00000220. The summed E-state index contributed by atoms with van der Waals surface area (Å²) in [5, 5.41) is 2.77. The molecule has 0 spiro atoms. The fraction of sp³-hybridized carbons (Fsp3) is 0.438. The Labute approximate surface area is 133 Å². The van der Waals surface area contributed by atoms with Crippen molar-refractivity contribution in [3.63, 3.8) is 0 Å². The van der Waals surface area contributed by atoms with E-state index in [2.05, 4.69) is 42.3 Å². The standard InChI is InChI=1S/C16H23N3O.ClH/c1-4-8-17-16(20)19-11-9-18(10-12-19)15-7-5-6-13(2)14(15)3;/h4-8H,9-12H2,1-3H3,(H,17,20);1H/b8-4+;. The summed E-state index contributed by atoms with van der Waals surface area (Å²) < 4.78 is 0. The molecule has 0 radical (unpaired) electrons. The summed E-state index contributed by atoms with van der Waals surface area (Å²) in [6.07, 6.45) is 3.50. The first-order valence-corrected chi connectivity index (χ1v) is 7.11. The lowest BCUT2D eigenvalue weighted by molar-refractivity contribution is 0.198. The van der Waals surface area contributed by atoms with Crippen molar-refractivity contribution in [1.82, 2.24) is 10.2 Å². The molecule has 116 valence electrons. The van der Waals surface area contributed by atoms with Gasteiger partial charge >= 0.3 is 6.03 Å². The molecule has 1 aromatic carbocycles. The van der Waals surface area contributed by atoms with Gasteiger partial charge in [0.25, 0.3) is 0 Å². The number of rotatable bonds is 2. The lowest BCUT2D eigenvalue weighted by atomic mass is 10.1. The minimum atomic E-state index is -0.0104. The highest BCUT2D eigenvalue weighted by molar-refractivity contribution is 5.85. The number of piperazine rings is 1. The lowest BCUT2D eigenvalue weighted by Gasteiger charge is -2.36. The van der Waals surface area contributed by atoms with Gasteiger partial charge in [0.05, 0.1) is 0 Å². The average molecular weight is 310 g/mol. The van der Waals surface area contributed by atoms with Crippen LogP contribution in [0.4, 0.5) is 10.5 Å². The SMILES string of the molecule is C/C=C/NC(=O)N1CCN(c2cccc(C)c2C)CC1.Cl. The van der Waals surface area contributed by atoms with Crippen molar-refractivity contribution >= 4 is 24.1 Å². The van der Waals surface area contributed by atoms with E-state index < -0.39 is 0 Å². The van der Waals surface area contributed by atoms with Gasteiger partial charge in [-0.2, -0.15) is 0 Å². The topological polar surface area (TPSA) is 35.6 Å². The maximum atomic E-state index is 11.9. The summed E-state index contributed by atoms with van der Waals surface area (Å²) in [6, 6.07) is 6.39. The van der Waals surface area contributed by atoms with Crippen LogP contribution >= 0.6 is 12.4 Å². The number of nitrogens with zero attached hydrogens (tertiary/aromatic N) is 2. The van der Waals surface area contributed by atoms with Crippen LogP contribution in [-0.4, -0.2) is 37.1 Å². The predicted octanol–water partition coefficient (Wildman–Crippen LogP) is 3.09. The monoisotopic (exact) mass is 309 g/mol. The van der Waals surface area contributed by atoms with E-state index in [0.717, 1.165) is 26.2 Å². The van der Waals surface area contributed by atoms with Crippen molar-refractivity contribution in [1.29, 1.82) is 0 Å². The van der Waals surface area contributed by atoms with Crippen molar-refractivity contribution in [2.24, 2.45) is 0 Å². The molecule has 0 saturated carbocycles. The number of aryl methyl sites for hydroxylation is 1. The molecule has 1 heterocycles. The number of anilines is 1. The zero-order valence-corrected chi connectivity index (χ0v) is 13.7. The summed E-state index contributed by atoms with van der Waals surface area (Å²) in [7, 11) is 0. The first-order chi connectivity index (χ1) is 9.63. The Morgan fingerprint density at radius 2 is 1.86 bits per heavy atom. The van der Waals surface area contributed by atoms with Crippen LogP contribution in [0.25, 0.3) is 0 Å². The lowest BCUT2D eigenvalue weighted by Crippen LogP contribution is -2.51. The fourth-order valence-electron chi connectivity index (χ4n) is 2.47. The maximum absolute atomic E-state index is 11.9. The van der Waals surface area contributed by atoms with Crippen molar-refractivity contribution in [3.8, 4) is 0 Å². The molecule has 0 bridgehead atoms. The van der Waals surface area contributed by atoms with E-state index >= 15 is 0 Å². The van der Waals surface area contributed by atoms with Gasteiger partial charge in [-0.3, -0.25) is 0 Å². The number of halogens is 1. The van der Waals surface area contributed by atoms with Crippen LogP contribution in [0.1, 0.15) is 18.1 Å². The Kier molecular flexibility index (Phi) is 6.56. The summed E-state index contributed by atoms with van der Waals surface area (Å²) in [6.45, 7) is 9.47. The summed E-state index contributed by atoms with van der Waals surface area (Å²) in [5.74, 6) is 0. The predicted molar refractivity (Wildman–Crippen MR) is 90.3 cm³/mol. The normalized spacial score (nSPS) is 15.0. The summed E-state index contributed by atoms with van der Waals surface area (Å²) >= 11 is 0. The van der Waals surface area contributed by atoms with Gasteiger partial charge in [0.15, 0.2) is 0 Å². The van der Waals surface area contributed by atoms with Gasteiger partial charge in [0, 0.05) is 38.1 Å².